The highest BCUT2D eigenvalue weighted by Crippen LogP contribution is 2.30. The summed E-state index contributed by atoms with van der Waals surface area (Å²) in [5.41, 5.74) is 3.02. The molecular formula is C27H21ClFN3O3. The number of rotatable bonds is 7. The molecule has 0 fully saturated rings. The molecule has 35 heavy (non-hydrogen) atoms. The zero-order chi connectivity index (χ0) is 24.8. The number of ether oxygens (including phenoxy) is 1. The van der Waals surface area contributed by atoms with Crippen LogP contribution < -0.4 is 10.6 Å². The lowest BCUT2D eigenvalue weighted by Gasteiger charge is -2.29. The molecule has 1 unspecified atom stereocenters. The summed E-state index contributed by atoms with van der Waals surface area (Å²) in [6, 6.07) is 20.4. The molecule has 2 amide bonds. The Hall–Kier alpha value is -4.15. The lowest BCUT2D eigenvalue weighted by Crippen LogP contribution is -2.46. The maximum Gasteiger partial charge on any atom is 0.338 e. The average Bonchev–Trinajstić information content (AvgIpc) is 2.86. The van der Waals surface area contributed by atoms with Crippen molar-refractivity contribution < 1.29 is 18.7 Å². The number of urea groups is 1. The molecule has 0 radical (unpaired) electrons. The van der Waals surface area contributed by atoms with Crippen LogP contribution in [0.15, 0.2) is 84.1 Å². The maximum absolute atomic E-state index is 14.0. The number of nitrogens with one attached hydrogen (secondary N) is 2. The Morgan fingerprint density at radius 2 is 1.80 bits per heavy atom. The van der Waals surface area contributed by atoms with Gasteiger partial charge in [0.25, 0.3) is 0 Å². The smallest absolute Gasteiger partial charge is 0.338 e. The third-order valence-corrected chi connectivity index (χ3v) is 5.77. The molecule has 0 aliphatic carbocycles. The number of allylic oxidation sites excluding steroid dienone is 1. The first kappa shape index (κ1) is 24.0. The van der Waals surface area contributed by atoms with E-state index in [0.29, 0.717) is 40.3 Å². The third-order valence-electron chi connectivity index (χ3n) is 5.53. The van der Waals surface area contributed by atoms with E-state index in [4.69, 9.17) is 21.6 Å². The largest absolute Gasteiger partial charge is 0.457 e. The van der Waals surface area contributed by atoms with Crippen LogP contribution in [-0.4, -0.2) is 12.0 Å². The Kier molecular flexibility index (Phi) is 7.44. The second kappa shape index (κ2) is 10.9. The van der Waals surface area contributed by atoms with Crippen LogP contribution in [0.25, 0.3) is 0 Å². The van der Waals surface area contributed by atoms with Crippen LogP contribution in [0.4, 0.5) is 9.18 Å². The van der Waals surface area contributed by atoms with Gasteiger partial charge in [0, 0.05) is 10.7 Å². The van der Waals surface area contributed by atoms with Gasteiger partial charge in [-0.15, -0.1) is 0 Å². The van der Waals surface area contributed by atoms with Crippen molar-refractivity contribution in [3.8, 4) is 6.07 Å². The van der Waals surface area contributed by atoms with Gasteiger partial charge >= 0.3 is 12.0 Å². The summed E-state index contributed by atoms with van der Waals surface area (Å²) in [7, 11) is 0. The predicted molar refractivity (Wildman–Crippen MR) is 129 cm³/mol. The molecule has 1 heterocycles. The summed E-state index contributed by atoms with van der Waals surface area (Å²) in [6.45, 7) is -0.0662. The highest BCUT2D eigenvalue weighted by Gasteiger charge is 2.33. The molecule has 8 heteroatoms. The normalized spacial score (nSPS) is 15.1. The first-order valence-electron chi connectivity index (χ1n) is 10.9. The summed E-state index contributed by atoms with van der Waals surface area (Å²) in [5, 5.41) is 15.1. The van der Waals surface area contributed by atoms with Gasteiger partial charge < -0.3 is 15.4 Å². The van der Waals surface area contributed by atoms with Crippen molar-refractivity contribution in [3.63, 3.8) is 0 Å². The predicted octanol–water partition coefficient (Wildman–Crippen LogP) is 5.33. The second-order valence-corrected chi connectivity index (χ2v) is 8.43. The number of esters is 1. The summed E-state index contributed by atoms with van der Waals surface area (Å²) in [6.07, 6.45) is 0.834. The van der Waals surface area contributed by atoms with E-state index < -0.39 is 23.9 Å². The van der Waals surface area contributed by atoms with Crippen LogP contribution in [0.1, 0.15) is 34.7 Å². The van der Waals surface area contributed by atoms with Gasteiger partial charge in [-0.3, -0.25) is 0 Å². The molecule has 1 aliphatic rings. The van der Waals surface area contributed by atoms with Crippen molar-refractivity contribution in [1.29, 1.82) is 5.26 Å². The van der Waals surface area contributed by atoms with E-state index in [1.54, 1.807) is 36.4 Å². The highest BCUT2D eigenvalue weighted by atomic mass is 35.5. The van der Waals surface area contributed by atoms with Gasteiger partial charge in [0.05, 0.1) is 23.2 Å². The molecule has 1 aliphatic heterocycles. The number of hydrogen-bond donors (Lipinski definition) is 2. The number of nitriles is 1. The number of carbonyl (C=O) groups is 2. The number of nitrogens with zero attached hydrogens (tertiary/aromatic N) is 1. The molecule has 0 aromatic heterocycles. The van der Waals surface area contributed by atoms with Crippen molar-refractivity contribution in [3.05, 3.63) is 117 Å². The standard InChI is InChI=1S/C27H21ClFN3O3/c28-21-8-2-4-17(13-21)10-11-23-24(26(33)35-16-19-6-1-5-18(12-19)15-30)25(32-27(34)31-23)20-7-3-9-22(29)14-20/h1-9,12-14,25H,10-11,16H2,(H2,31,32,34). The van der Waals surface area contributed by atoms with Gasteiger partial charge in [-0.1, -0.05) is 48.0 Å². The Balaban J connectivity index is 1.66. The van der Waals surface area contributed by atoms with E-state index in [0.717, 1.165) is 5.56 Å². The minimum absolute atomic E-state index is 0.0662. The maximum atomic E-state index is 14.0. The first-order chi connectivity index (χ1) is 16.9. The minimum Gasteiger partial charge on any atom is -0.457 e. The fraction of sp³-hybridized carbons (Fsp3) is 0.148. The highest BCUT2D eigenvalue weighted by molar-refractivity contribution is 6.30. The summed E-state index contributed by atoms with van der Waals surface area (Å²) in [4.78, 5) is 25.8. The van der Waals surface area contributed by atoms with Crippen LogP contribution in [0.2, 0.25) is 5.02 Å². The summed E-state index contributed by atoms with van der Waals surface area (Å²) < 4.78 is 19.6. The second-order valence-electron chi connectivity index (χ2n) is 8.00. The third kappa shape index (κ3) is 6.05. The van der Waals surface area contributed by atoms with Crippen LogP contribution in [0.3, 0.4) is 0 Å². The van der Waals surface area contributed by atoms with Gasteiger partial charge in [-0.05, 0) is 65.9 Å². The lowest BCUT2D eigenvalue weighted by molar-refractivity contribution is -0.140. The van der Waals surface area contributed by atoms with Gasteiger partial charge in [0.2, 0.25) is 0 Å². The average molecular weight is 490 g/mol. The van der Waals surface area contributed by atoms with Crippen LogP contribution >= 0.6 is 11.6 Å². The fourth-order valence-corrected chi connectivity index (χ4v) is 4.12. The van der Waals surface area contributed by atoms with Crippen molar-refractivity contribution in [1.82, 2.24) is 10.6 Å². The van der Waals surface area contributed by atoms with Gasteiger partial charge in [-0.25, -0.2) is 14.0 Å². The van der Waals surface area contributed by atoms with Crippen LogP contribution in [-0.2, 0) is 22.6 Å². The van der Waals surface area contributed by atoms with Gasteiger partial charge in [-0.2, -0.15) is 5.26 Å². The van der Waals surface area contributed by atoms with Gasteiger partial charge in [0.15, 0.2) is 0 Å². The van der Waals surface area contributed by atoms with E-state index in [1.165, 1.54) is 18.2 Å². The van der Waals surface area contributed by atoms with E-state index in [9.17, 15) is 14.0 Å². The van der Waals surface area contributed by atoms with Crippen molar-refractivity contribution in [2.75, 3.05) is 0 Å². The molecule has 0 bridgehead atoms. The van der Waals surface area contributed by atoms with Gasteiger partial charge in [0.1, 0.15) is 12.4 Å². The number of carbonyl (C=O) groups excluding carboxylic acids is 2. The molecule has 176 valence electrons. The Bertz CT molecular complexity index is 1350. The molecule has 6 nitrogen and oxygen atoms in total. The van der Waals surface area contributed by atoms with E-state index in [2.05, 4.69) is 10.6 Å². The van der Waals surface area contributed by atoms with Crippen molar-refractivity contribution in [2.24, 2.45) is 0 Å². The molecule has 0 spiro atoms. The fourth-order valence-electron chi connectivity index (χ4n) is 3.91. The quantitative estimate of drug-likeness (QED) is 0.438. The number of amides is 2. The molecule has 0 saturated heterocycles. The molecule has 0 saturated carbocycles. The molecule has 4 rings (SSSR count). The van der Waals surface area contributed by atoms with E-state index in [-0.39, 0.29) is 12.2 Å². The first-order valence-corrected chi connectivity index (χ1v) is 11.3. The number of hydrogen-bond acceptors (Lipinski definition) is 4. The summed E-state index contributed by atoms with van der Waals surface area (Å²) >= 11 is 6.09. The molecular weight excluding hydrogens is 469 g/mol. The van der Waals surface area contributed by atoms with E-state index >= 15 is 0 Å². The number of halogens is 2. The molecule has 3 aromatic carbocycles. The van der Waals surface area contributed by atoms with Crippen LogP contribution in [0, 0.1) is 17.1 Å². The zero-order valence-corrected chi connectivity index (χ0v) is 19.3. The molecule has 2 N–H and O–H groups in total. The zero-order valence-electron chi connectivity index (χ0n) is 18.6. The van der Waals surface area contributed by atoms with Crippen molar-refractivity contribution >= 4 is 23.6 Å². The molecule has 3 aromatic rings. The van der Waals surface area contributed by atoms with Crippen LogP contribution in [0.5, 0.6) is 0 Å². The summed E-state index contributed by atoms with van der Waals surface area (Å²) in [5.74, 6) is -1.15. The number of aryl methyl sites for hydroxylation is 1. The Morgan fingerprint density at radius 3 is 2.57 bits per heavy atom. The lowest BCUT2D eigenvalue weighted by atomic mass is 9.93. The minimum atomic E-state index is -0.897. The Morgan fingerprint density at radius 1 is 1.03 bits per heavy atom. The number of benzene rings is 3. The SMILES string of the molecule is N#Cc1cccc(COC(=O)C2=C(CCc3cccc(Cl)c3)NC(=O)NC2c2cccc(F)c2)c1. The monoisotopic (exact) mass is 489 g/mol. The van der Waals surface area contributed by atoms with E-state index in [1.807, 2.05) is 24.3 Å². The topological polar surface area (TPSA) is 91.2 Å². The molecule has 1 atom stereocenters. The van der Waals surface area contributed by atoms with Crippen molar-refractivity contribution in [2.45, 2.75) is 25.5 Å². The Labute approximate surface area is 207 Å².